The maximum absolute atomic E-state index is 6.70. The zero-order valence-corrected chi connectivity index (χ0v) is 30.2. The van der Waals surface area contributed by atoms with Crippen LogP contribution < -0.4 is 4.74 Å². The monoisotopic (exact) mass is 716 g/mol. The molecule has 0 saturated carbocycles. The van der Waals surface area contributed by atoms with Crippen LogP contribution in [0.25, 0.3) is 67.4 Å². The number of ether oxygens (including phenoxy) is 1. The summed E-state index contributed by atoms with van der Waals surface area (Å²) in [4.78, 5) is 19.7. The summed E-state index contributed by atoms with van der Waals surface area (Å²) < 4.78 is 6.70. The summed E-state index contributed by atoms with van der Waals surface area (Å²) in [5, 5.41) is 0. The zero-order chi connectivity index (χ0) is 37.1. The summed E-state index contributed by atoms with van der Waals surface area (Å²) in [7, 11) is 0. The van der Waals surface area contributed by atoms with E-state index in [1.807, 2.05) is 48.8 Å². The first kappa shape index (κ1) is 32.0. The standard InChI is InChI=1S/C51H32N4O/c1-2-13-33(14-3-1)46-30-47(36-25-27-45(53-32-36)35-15-12-28-52-31-35)55-50(54-46)34-24-26-40-38-17-5-4-16-37(38)39-18-6-7-19-41(39)51(44(40)29-34)42-20-8-10-22-48(42)56-49-23-11-9-21-43(49)51/h1-32H. The molecule has 11 rings (SSSR count). The van der Waals surface area contributed by atoms with Gasteiger partial charge in [-0.15, -0.1) is 0 Å². The molecule has 0 N–H and O–H groups in total. The SMILES string of the molecule is c1ccc(-c2cc(-c3ccc(-c4cccnc4)nc3)nc(-c3ccc4c(c3)C3(c5ccccc5Oc5ccccc53)c3ccccc3-c3ccccc3-4)n2)cc1. The van der Waals surface area contributed by atoms with Gasteiger partial charge in [-0.05, 0) is 81.9 Å². The van der Waals surface area contributed by atoms with Crippen LogP contribution in [-0.2, 0) is 5.41 Å². The van der Waals surface area contributed by atoms with Crippen LogP contribution in [0, 0.1) is 0 Å². The second kappa shape index (κ2) is 12.8. The highest BCUT2D eigenvalue weighted by molar-refractivity contribution is 5.94. The van der Waals surface area contributed by atoms with Crippen LogP contribution in [0.3, 0.4) is 0 Å². The number of fused-ring (bicyclic) bond motifs is 11. The summed E-state index contributed by atoms with van der Waals surface area (Å²) in [6.07, 6.45) is 5.49. The van der Waals surface area contributed by atoms with Gasteiger partial charge in [0.25, 0.3) is 0 Å². The second-order valence-corrected chi connectivity index (χ2v) is 14.2. The van der Waals surface area contributed by atoms with Crippen molar-refractivity contribution < 1.29 is 4.74 Å². The molecule has 0 bridgehead atoms. The van der Waals surface area contributed by atoms with E-state index < -0.39 is 5.41 Å². The van der Waals surface area contributed by atoms with Gasteiger partial charge in [-0.1, -0.05) is 127 Å². The lowest BCUT2D eigenvalue weighted by molar-refractivity contribution is 0.435. The molecule has 4 heterocycles. The van der Waals surface area contributed by atoms with Crippen LogP contribution in [-0.4, -0.2) is 19.9 Å². The van der Waals surface area contributed by atoms with Gasteiger partial charge in [-0.25, -0.2) is 9.97 Å². The van der Waals surface area contributed by atoms with Crippen molar-refractivity contribution in [1.29, 1.82) is 0 Å². The summed E-state index contributed by atoms with van der Waals surface area (Å²) in [5.74, 6) is 2.32. The molecule has 0 amide bonds. The number of para-hydroxylation sites is 2. The van der Waals surface area contributed by atoms with Gasteiger partial charge in [0.15, 0.2) is 5.82 Å². The first-order valence-electron chi connectivity index (χ1n) is 18.8. The van der Waals surface area contributed by atoms with Crippen molar-refractivity contribution in [2.75, 3.05) is 0 Å². The molecular formula is C51H32N4O. The molecule has 0 unspecified atom stereocenters. The minimum absolute atomic E-state index is 0.634. The Morgan fingerprint density at radius 3 is 1.62 bits per heavy atom. The van der Waals surface area contributed by atoms with Gasteiger partial charge in [-0.2, -0.15) is 0 Å². The average molecular weight is 717 g/mol. The quantitative estimate of drug-likeness (QED) is 0.181. The number of aromatic nitrogens is 4. The van der Waals surface area contributed by atoms with E-state index in [2.05, 4.69) is 145 Å². The Hall–Kier alpha value is -7.50. The highest BCUT2D eigenvalue weighted by atomic mass is 16.5. The Bertz CT molecular complexity index is 2900. The third-order valence-electron chi connectivity index (χ3n) is 11.1. The van der Waals surface area contributed by atoms with Gasteiger partial charge in [0, 0.05) is 52.0 Å². The van der Waals surface area contributed by atoms with E-state index in [0.717, 1.165) is 73.1 Å². The number of nitrogens with zero attached hydrogens (tertiary/aromatic N) is 4. The topological polar surface area (TPSA) is 60.8 Å². The molecule has 5 heteroatoms. The number of hydrogen-bond acceptors (Lipinski definition) is 5. The predicted molar refractivity (Wildman–Crippen MR) is 222 cm³/mol. The maximum Gasteiger partial charge on any atom is 0.160 e. The van der Waals surface area contributed by atoms with Gasteiger partial charge < -0.3 is 4.74 Å². The summed E-state index contributed by atoms with van der Waals surface area (Å²) >= 11 is 0. The van der Waals surface area contributed by atoms with Gasteiger partial charge in [0.2, 0.25) is 0 Å². The third-order valence-corrected chi connectivity index (χ3v) is 11.1. The van der Waals surface area contributed by atoms with Crippen molar-refractivity contribution in [2.45, 2.75) is 5.41 Å². The molecule has 9 aromatic rings. The van der Waals surface area contributed by atoms with Crippen LogP contribution in [0.2, 0.25) is 0 Å². The molecule has 0 radical (unpaired) electrons. The lowest BCUT2D eigenvalue weighted by Crippen LogP contribution is -2.34. The van der Waals surface area contributed by atoms with E-state index in [9.17, 15) is 0 Å². The fraction of sp³-hybridized carbons (Fsp3) is 0.0196. The smallest absolute Gasteiger partial charge is 0.160 e. The molecule has 1 aliphatic carbocycles. The second-order valence-electron chi connectivity index (χ2n) is 14.2. The van der Waals surface area contributed by atoms with Crippen molar-refractivity contribution in [3.05, 3.63) is 217 Å². The third kappa shape index (κ3) is 4.95. The van der Waals surface area contributed by atoms with Crippen molar-refractivity contribution in [1.82, 2.24) is 19.9 Å². The largest absolute Gasteiger partial charge is 0.457 e. The molecule has 1 aliphatic heterocycles. The lowest BCUT2D eigenvalue weighted by atomic mass is 9.62. The van der Waals surface area contributed by atoms with E-state index in [1.165, 1.54) is 22.3 Å². The first-order valence-corrected chi connectivity index (χ1v) is 18.8. The molecule has 262 valence electrons. The number of pyridine rings is 2. The maximum atomic E-state index is 6.70. The van der Waals surface area contributed by atoms with Gasteiger partial charge in [0.05, 0.1) is 22.5 Å². The minimum atomic E-state index is -0.724. The van der Waals surface area contributed by atoms with Gasteiger partial charge in [0.1, 0.15) is 11.5 Å². The van der Waals surface area contributed by atoms with E-state index in [1.54, 1.807) is 6.20 Å². The zero-order valence-electron chi connectivity index (χ0n) is 30.2. The average Bonchev–Trinajstić information content (AvgIpc) is 3.38. The summed E-state index contributed by atoms with van der Waals surface area (Å²) in [6.45, 7) is 0. The molecular weight excluding hydrogens is 685 g/mol. The van der Waals surface area contributed by atoms with Crippen molar-refractivity contribution in [2.24, 2.45) is 0 Å². The molecule has 2 aliphatic rings. The van der Waals surface area contributed by atoms with Crippen LogP contribution >= 0.6 is 0 Å². The number of rotatable bonds is 4. The summed E-state index contributed by atoms with van der Waals surface area (Å²) in [5.41, 5.74) is 14.8. The van der Waals surface area contributed by atoms with E-state index >= 15 is 0 Å². The fourth-order valence-electron chi connectivity index (χ4n) is 8.66. The first-order chi connectivity index (χ1) is 27.8. The predicted octanol–water partition coefficient (Wildman–Crippen LogP) is 12.1. The molecule has 3 aromatic heterocycles. The molecule has 1 spiro atoms. The van der Waals surface area contributed by atoms with Crippen LogP contribution in [0.4, 0.5) is 0 Å². The highest BCUT2D eigenvalue weighted by Gasteiger charge is 2.49. The Morgan fingerprint density at radius 1 is 0.375 bits per heavy atom. The van der Waals surface area contributed by atoms with E-state index in [4.69, 9.17) is 19.7 Å². The van der Waals surface area contributed by atoms with Crippen molar-refractivity contribution in [3.63, 3.8) is 0 Å². The van der Waals surface area contributed by atoms with Crippen molar-refractivity contribution in [3.8, 4) is 78.9 Å². The Labute approximate surface area is 324 Å². The highest BCUT2D eigenvalue weighted by Crippen LogP contribution is 2.61. The lowest BCUT2D eigenvalue weighted by Gasteiger charge is -2.42. The van der Waals surface area contributed by atoms with Crippen LogP contribution in [0.15, 0.2) is 195 Å². The van der Waals surface area contributed by atoms with Gasteiger partial charge in [-0.3, -0.25) is 9.97 Å². The fourth-order valence-corrected chi connectivity index (χ4v) is 8.66. The molecule has 0 atom stereocenters. The van der Waals surface area contributed by atoms with E-state index in [0.29, 0.717) is 5.82 Å². The Morgan fingerprint density at radius 2 is 0.946 bits per heavy atom. The molecule has 56 heavy (non-hydrogen) atoms. The minimum Gasteiger partial charge on any atom is -0.457 e. The normalized spacial score (nSPS) is 12.9. The molecule has 0 fully saturated rings. The summed E-state index contributed by atoms with van der Waals surface area (Å²) in [6, 6.07) is 61.7. The molecule has 6 aromatic carbocycles. The Kier molecular flexibility index (Phi) is 7.32. The molecule has 0 saturated heterocycles. The van der Waals surface area contributed by atoms with E-state index in [-0.39, 0.29) is 0 Å². The van der Waals surface area contributed by atoms with Crippen LogP contribution in [0.5, 0.6) is 11.5 Å². The Balaban J connectivity index is 1.19. The van der Waals surface area contributed by atoms with Gasteiger partial charge >= 0.3 is 0 Å². The number of hydrogen-bond donors (Lipinski definition) is 0. The van der Waals surface area contributed by atoms with Crippen molar-refractivity contribution >= 4 is 0 Å². The van der Waals surface area contributed by atoms with Crippen LogP contribution in [0.1, 0.15) is 22.3 Å². The number of benzene rings is 6. The molecule has 5 nitrogen and oxygen atoms in total.